The molecule has 218 valence electrons. The van der Waals surface area contributed by atoms with Crippen molar-refractivity contribution in [3.63, 3.8) is 0 Å². The maximum atomic E-state index is 13.5. The highest BCUT2D eigenvalue weighted by Crippen LogP contribution is 2.46. The molecule has 1 aromatic carbocycles. The molecule has 2 fully saturated rings. The first-order valence-corrected chi connectivity index (χ1v) is 11.6. The summed E-state index contributed by atoms with van der Waals surface area (Å²) in [5.74, 6) is -6.22. The zero-order valence-electron chi connectivity index (χ0n) is 20.0. The largest absolute Gasteiger partial charge is 0.451 e. The van der Waals surface area contributed by atoms with Crippen LogP contribution in [0.3, 0.4) is 0 Å². The number of alkyl halides is 6. The Morgan fingerprint density at radius 3 is 2.48 bits per heavy atom. The number of aliphatic hydroxyl groups is 2. The van der Waals surface area contributed by atoms with Crippen LogP contribution in [-0.4, -0.2) is 93.3 Å². The molecule has 40 heavy (non-hydrogen) atoms. The van der Waals surface area contributed by atoms with Crippen molar-refractivity contribution in [1.82, 2.24) is 15.3 Å². The van der Waals surface area contributed by atoms with E-state index in [9.17, 15) is 46.1 Å². The summed E-state index contributed by atoms with van der Waals surface area (Å²) >= 11 is 0. The summed E-state index contributed by atoms with van der Waals surface area (Å²) in [5, 5.41) is 26.1. The first kappa shape index (κ1) is 27.7. The molecule has 0 saturated carbocycles. The van der Waals surface area contributed by atoms with Crippen LogP contribution in [-0.2, 0) is 26.7 Å². The summed E-state index contributed by atoms with van der Waals surface area (Å²) in [6.07, 6.45) is -12.4. The number of guanidine groups is 2. The van der Waals surface area contributed by atoms with Crippen LogP contribution in [0.1, 0.15) is 27.9 Å². The summed E-state index contributed by atoms with van der Waals surface area (Å²) in [7, 11) is 0. The molecular formula is C21H21F6N7O6. The van der Waals surface area contributed by atoms with Gasteiger partial charge < -0.3 is 36.6 Å². The smallest absolute Gasteiger partial charge is 0.417 e. The number of nitrogens with two attached hydrogens (primary N) is 2. The molecule has 1 spiro atoms. The van der Waals surface area contributed by atoms with Crippen molar-refractivity contribution in [1.29, 1.82) is 0 Å². The lowest BCUT2D eigenvalue weighted by Crippen LogP contribution is -2.77. The van der Waals surface area contributed by atoms with Crippen LogP contribution >= 0.6 is 0 Å². The Balaban J connectivity index is 1.49. The normalized spacial score (nSPS) is 29.5. The molecule has 0 bridgehead atoms. The first-order chi connectivity index (χ1) is 18.5. The highest BCUT2D eigenvalue weighted by molar-refractivity contribution is 5.92. The van der Waals surface area contributed by atoms with Crippen molar-refractivity contribution < 1.29 is 55.7 Å². The number of benzene rings is 1. The molecular weight excluding hydrogens is 560 g/mol. The maximum absolute atomic E-state index is 13.5. The summed E-state index contributed by atoms with van der Waals surface area (Å²) in [6.45, 7) is -0.849. The van der Waals surface area contributed by atoms with E-state index in [-0.39, 0.29) is 49.7 Å². The van der Waals surface area contributed by atoms with E-state index in [1.54, 1.807) is 0 Å². The number of nitrogens with one attached hydrogen (secondary N) is 1. The van der Waals surface area contributed by atoms with Crippen LogP contribution < -0.4 is 16.8 Å². The fraction of sp³-hybridized carbons (Fsp3) is 0.524. The van der Waals surface area contributed by atoms with E-state index < -0.39 is 77.1 Å². The number of aliphatic imine (C=N–C) groups is 2. The van der Waals surface area contributed by atoms with Crippen LogP contribution in [0.15, 0.2) is 28.2 Å². The van der Waals surface area contributed by atoms with Crippen molar-refractivity contribution >= 4 is 23.8 Å². The lowest BCUT2D eigenvalue weighted by molar-refractivity contribution is -0.257. The number of nitrogens with zero attached hydrogens (tertiary/aromatic N) is 4. The Morgan fingerprint density at radius 1 is 1.18 bits per heavy atom. The van der Waals surface area contributed by atoms with Crippen molar-refractivity contribution in [3.8, 4) is 0 Å². The third-order valence-electron chi connectivity index (χ3n) is 7.06. The number of hydroxylamine groups is 2. The molecule has 7 N–H and O–H groups in total. The van der Waals surface area contributed by atoms with Crippen LogP contribution in [0, 0.1) is 0 Å². The second-order valence-corrected chi connectivity index (χ2v) is 9.43. The van der Waals surface area contributed by atoms with Gasteiger partial charge in [0, 0.05) is 0 Å². The number of rotatable bonds is 4. The number of hydrogen-bond donors (Lipinski definition) is 5. The van der Waals surface area contributed by atoms with E-state index in [1.807, 2.05) is 0 Å². The zero-order valence-corrected chi connectivity index (χ0v) is 20.0. The average molecular weight is 581 g/mol. The van der Waals surface area contributed by atoms with E-state index in [4.69, 9.17) is 21.0 Å². The molecule has 2 saturated heterocycles. The highest BCUT2D eigenvalue weighted by atomic mass is 19.4. The number of esters is 1. The number of amides is 1. The molecule has 2 unspecified atom stereocenters. The van der Waals surface area contributed by atoms with Crippen molar-refractivity contribution in [3.05, 3.63) is 34.9 Å². The minimum Gasteiger partial charge on any atom is -0.451 e. The van der Waals surface area contributed by atoms with Gasteiger partial charge in [-0.15, -0.1) is 0 Å². The van der Waals surface area contributed by atoms with Crippen LogP contribution in [0.2, 0.25) is 0 Å². The van der Waals surface area contributed by atoms with Gasteiger partial charge in [0.05, 0.1) is 42.8 Å². The second-order valence-electron chi connectivity index (χ2n) is 9.43. The van der Waals surface area contributed by atoms with E-state index in [2.05, 4.69) is 15.3 Å². The maximum Gasteiger partial charge on any atom is 0.417 e. The predicted molar refractivity (Wildman–Crippen MR) is 118 cm³/mol. The number of ether oxygens (including phenoxy) is 1. The van der Waals surface area contributed by atoms with Gasteiger partial charge in [-0.2, -0.15) is 26.3 Å². The van der Waals surface area contributed by atoms with Crippen molar-refractivity contribution in [2.75, 3.05) is 19.7 Å². The Morgan fingerprint density at radius 2 is 1.88 bits per heavy atom. The van der Waals surface area contributed by atoms with E-state index in [0.717, 1.165) is 9.96 Å². The molecule has 0 aromatic heterocycles. The van der Waals surface area contributed by atoms with Gasteiger partial charge in [0.1, 0.15) is 12.1 Å². The predicted octanol–water partition coefficient (Wildman–Crippen LogP) is -0.910. The van der Waals surface area contributed by atoms with Gasteiger partial charge in [-0.25, -0.2) is 19.8 Å². The van der Waals surface area contributed by atoms with Crippen LogP contribution in [0.25, 0.3) is 0 Å². The summed E-state index contributed by atoms with van der Waals surface area (Å²) < 4.78 is 85.3. The summed E-state index contributed by atoms with van der Waals surface area (Å²) in [4.78, 5) is 39.5. The molecule has 5 rings (SSSR count). The number of hydrogen-bond acceptors (Lipinski definition) is 12. The Bertz CT molecular complexity index is 1320. The van der Waals surface area contributed by atoms with Gasteiger partial charge in [-0.1, -0.05) is 0 Å². The lowest BCUT2D eigenvalue weighted by atomic mass is 9.85. The van der Waals surface area contributed by atoms with Crippen LogP contribution in [0.4, 0.5) is 26.3 Å². The van der Waals surface area contributed by atoms with Gasteiger partial charge >= 0.3 is 18.3 Å². The van der Waals surface area contributed by atoms with Gasteiger partial charge in [-0.3, -0.25) is 9.63 Å². The molecule has 19 heteroatoms. The second kappa shape index (κ2) is 8.83. The van der Waals surface area contributed by atoms with Crippen LogP contribution in [0.5, 0.6) is 0 Å². The molecule has 1 amide bonds. The van der Waals surface area contributed by atoms with Gasteiger partial charge in [0.15, 0.2) is 23.7 Å². The van der Waals surface area contributed by atoms with Gasteiger partial charge in [0.2, 0.25) is 11.7 Å². The van der Waals surface area contributed by atoms with E-state index in [1.165, 1.54) is 0 Å². The van der Waals surface area contributed by atoms with Crippen molar-refractivity contribution in [2.45, 2.75) is 48.4 Å². The third-order valence-corrected chi connectivity index (χ3v) is 7.06. The standard InChI is InChI=1S/C21H21F6N7O6/c22-20(23,24)8-1-2-10(21(25,26)27)9(5-8)15(36)40-12-7-33-17(29)30-11(6-34-13(35)3-4-39-34)14-18(33,19(12,37)38)32-16(28)31-14/h1-2,5,11-12,14,37-38H,3-4,6-7H2,(H2,29,30)(H3,28,31,32)/t11?,12-,14?,18-/m0/s1. The molecule has 0 aliphatic carbocycles. The summed E-state index contributed by atoms with van der Waals surface area (Å²) in [5.41, 5.74) is 4.88. The fourth-order valence-corrected chi connectivity index (χ4v) is 5.27. The monoisotopic (exact) mass is 581 g/mol. The molecule has 0 radical (unpaired) electrons. The van der Waals surface area contributed by atoms with Crippen molar-refractivity contribution in [2.24, 2.45) is 21.5 Å². The fourth-order valence-electron chi connectivity index (χ4n) is 5.27. The van der Waals surface area contributed by atoms with Gasteiger partial charge in [-0.05, 0) is 18.2 Å². The highest BCUT2D eigenvalue weighted by Gasteiger charge is 2.74. The minimum atomic E-state index is -5.25. The Labute approximate surface area is 220 Å². The molecule has 4 aliphatic heterocycles. The SMILES string of the molecule is NC1=NC2C(CN3OCCC3=O)N=C(N)N3C[C@H](OC(=O)c4cc(C(F)(F)F)ccc4C(F)(F)F)C(O)(O)[C@]23N1. The Hall–Kier alpha value is -3.84. The lowest BCUT2D eigenvalue weighted by Gasteiger charge is -2.48. The first-order valence-electron chi connectivity index (χ1n) is 11.6. The number of carbonyl (C=O) groups is 2. The van der Waals surface area contributed by atoms with E-state index >= 15 is 0 Å². The molecule has 4 aliphatic rings. The minimum absolute atomic E-state index is 0.0429. The molecule has 1 aromatic rings. The zero-order chi connectivity index (χ0) is 29.4. The summed E-state index contributed by atoms with van der Waals surface area (Å²) in [6, 6.07) is -2.22. The molecule has 4 heterocycles. The quantitative estimate of drug-likeness (QED) is 0.169. The third kappa shape index (κ3) is 4.15. The average Bonchev–Trinajstić information content (AvgIpc) is 3.47. The molecule has 4 atom stereocenters. The number of carbonyl (C=O) groups excluding carboxylic acids is 2. The topological polar surface area (TPSA) is 188 Å². The van der Waals surface area contributed by atoms with Gasteiger partial charge in [0.25, 0.3) is 0 Å². The number of halogens is 6. The van der Waals surface area contributed by atoms with E-state index in [0.29, 0.717) is 0 Å². The Kier molecular flexibility index (Phi) is 6.12. The molecule has 13 nitrogen and oxygen atoms in total.